The van der Waals surface area contributed by atoms with Crippen molar-refractivity contribution >= 4 is 55.6 Å². The summed E-state index contributed by atoms with van der Waals surface area (Å²) in [6, 6.07) is 16.4. The van der Waals surface area contributed by atoms with E-state index >= 15 is 0 Å². The summed E-state index contributed by atoms with van der Waals surface area (Å²) < 4.78 is 0.921. The minimum atomic E-state index is -0.312. The maximum absolute atomic E-state index is 12.6. The summed E-state index contributed by atoms with van der Waals surface area (Å²) in [5, 5.41) is 17.3. The molecule has 0 spiro atoms. The summed E-state index contributed by atoms with van der Waals surface area (Å²) >= 11 is 8.68. The zero-order chi connectivity index (χ0) is 18.0. The van der Waals surface area contributed by atoms with Crippen LogP contribution in [0.2, 0.25) is 0 Å². The molecule has 3 rings (SSSR count). The van der Waals surface area contributed by atoms with Gasteiger partial charge in [0.15, 0.2) is 5.11 Å². The Kier molecular flexibility index (Phi) is 5.01. The van der Waals surface area contributed by atoms with Gasteiger partial charge in [0.25, 0.3) is 5.91 Å². The van der Waals surface area contributed by atoms with E-state index in [0.29, 0.717) is 11.3 Å². The van der Waals surface area contributed by atoms with E-state index in [1.54, 1.807) is 18.2 Å². The second-order valence-electron chi connectivity index (χ2n) is 5.57. The number of fused-ring (bicyclic) bond motifs is 1. The maximum atomic E-state index is 12.6. The fourth-order valence-corrected chi connectivity index (χ4v) is 3.24. The van der Waals surface area contributed by atoms with Crippen molar-refractivity contribution < 1.29 is 9.90 Å². The molecule has 0 radical (unpaired) electrons. The number of benzene rings is 3. The highest BCUT2D eigenvalue weighted by Crippen LogP contribution is 2.26. The maximum Gasteiger partial charge on any atom is 0.258 e. The lowest BCUT2D eigenvalue weighted by Gasteiger charge is -2.12. The van der Waals surface area contributed by atoms with Crippen molar-refractivity contribution in [2.75, 3.05) is 5.32 Å². The third-order valence-corrected chi connectivity index (χ3v) is 4.64. The molecule has 0 unspecified atom stereocenters. The lowest BCUT2D eigenvalue weighted by atomic mass is 10.0. The number of hydrogen-bond donors (Lipinski definition) is 3. The molecule has 0 aliphatic heterocycles. The van der Waals surface area contributed by atoms with Gasteiger partial charge in [-0.05, 0) is 59.7 Å². The van der Waals surface area contributed by atoms with Gasteiger partial charge in [-0.3, -0.25) is 10.1 Å². The number of phenols is 1. The molecular weight excluding hydrogens is 400 g/mol. The number of nitrogens with one attached hydrogen (secondary N) is 2. The van der Waals surface area contributed by atoms with Gasteiger partial charge in [0.2, 0.25) is 0 Å². The number of aromatic hydroxyl groups is 1. The van der Waals surface area contributed by atoms with Gasteiger partial charge in [-0.25, -0.2) is 0 Å². The smallest absolute Gasteiger partial charge is 0.258 e. The first-order valence-corrected chi connectivity index (χ1v) is 8.75. The molecular formula is C19H15BrN2O2S. The summed E-state index contributed by atoms with van der Waals surface area (Å²) in [5.74, 6) is -0.238. The van der Waals surface area contributed by atoms with Crippen LogP contribution < -0.4 is 10.6 Å². The fourth-order valence-electron chi connectivity index (χ4n) is 2.54. The van der Waals surface area contributed by atoms with Crippen molar-refractivity contribution in [1.29, 1.82) is 0 Å². The second kappa shape index (κ2) is 7.21. The van der Waals surface area contributed by atoms with E-state index in [0.717, 1.165) is 20.8 Å². The minimum absolute atomic E-state index is 0.0747. The van der Waals surface area contributed by atoms with Gasteiger partial charge < -0.3 is 10.4 Å². The summed E-state index contributed by atoms with van der Waals surface area (Å²) in [7, 11) is 0. The number of hydrogen-bond acceptors (Lipinski definition) is 3. The first-order chi connectivity index (χ1) is 12.0. The third kappa shape index (κ3) is 3.81. The van der Waals surface area contributed by atoms with Crippen LogP contribution in [0.4, 0.5) is 5.69 Å². The lowest BCUT2D eigenvalue weighted by Crippen LogP contribution is -2.34. The van der Waals surface area contributed by atoms with Crippen LogP contribution in [0.15, 0.2) is 59.1 Å². The Morgan fingerprint density at radius 2 is 1.80 bits per heavy atom. The second-order valence-corrected chi connectivity index (χ2v) is 6.83. The van der Waals surface area contributed by atoms with Crippen molar-refractivity contribution in [2.24, 2.45) is 0 Å². The number of amides is 1. The molecule has 3 aromatic carbocycles. The molecule has 3 aromatic rings. The van der Waals surface area contributed by atoms with Crippen molar-refractivity contribution in [3.8, 4) is 5.75 Å². The van der Waals surface area contributed by atoms with Gasteiger partial charge in [-0.15, -0.1) is 0 Å². The molecule has 3 N–H and O–H groups in total. The van der Waals surface area contributed by atoms with E-state index in [9.17, 15) is 9.90 Å². The predicted octanol–water partition coefficient (Wildman–Crippen LogP) is 4.74. The highest BCUT2D eigenvalue weighted by molar-refractivity contribution is 9.10. The van der Waals surface area contributed by atoms with E-state index in [1.807, 2.05) is 43.3 Å². The Labute approximate surface area is 159 Å². The van der Waals surface area contributed by atoms with Crippen molar-refractivity contribution in [3.63, 3.8) is 0 Å². The Hall–Kier alpha value is -2.44. The van der Waals surface area contributed by atoms with Crippen molar-refractivity contribution in [2.45, 2.75) is 6.92 Å². The van der Waals surface area contributed by atoms with E-state index in [4.69, 9.17) is 12.2 Å². The quantitative estimate of drug-likeness (QED) is 0.418. The SMILES string of the molecule is Cc1ccc(NC(=S)NC(=O)c2cccc3c(Br)cccc23)c(O)c1. The van der Waals surface area contributed by atoms with Crippen LogP contribution in [0.5, 0.6) is 5.75 Å². The molecule has 4 nitrogen and oxygen atoms in total. The molecule has 0 heterocycles. The Bertz CT molecular complexity index is 988. The molecule has 0 saturated carbocycles. The molecule has 0 aliphatic rings. The zero-order valence-corrected chi connectivity index (χ0v) is 15.7. The van der Waals surface area contributed by atoms with Crippen LogP contribution in [-0.4, -0.2) is 16.1 Å². The molecule has 25 heavy (non-hydrogen) atoms. The minimum Gasteiger partial charge on any atom is -0.506 e. The highest BCUT2D eigenvalue weighted by Gasteiger charge is 2.13. The van der Waals surface area contributed by atoms with Gasteiger partial charge in [0, 0.05) is 10.0 Å². The van der Waals surface area contributed by atoms with E-state index in [-0.39, 0.29) is 16.8 Å². The summed E-state index contributed by atoms with van der Waals surface area (Å²) in [5.41, 5.74) is 1.90. The number of aryl methyl sites for hydroxylation is 1. The van der Waals surface area contributed by atoms with Crippen LogP contribution in [0.1, 0.15) is 15.9 Å². The number of thiocarbonyl (C=S) groups is 1. The molecule has 0 atom stereocenters. The largest absolute Gasteiger partial charge is 0.506 e. The monoisotopic (exact) mass is 414 g/mol. The van der Waals surface area contributed by atoms with E-state index in [2.05, 4.69) is 26.6 Å². The van der Waals surface area contributed by atoms with Gasteiger partial charge in [-0.1, -0.05) is 46.3 Å². The third-order valence-electron chi connectivity index (χ3n) is 3.74. The molecule has 0 saturated heterocycles. The number of carbonyl (C=O) groups excluding carboxylic acids is 1. The van der Waals surface area contributed by atoms with Crippen LogP contribution >= 0.6 is 28.1 Å². The summed E-state index contributed by atoms with van der Waals surface area (Å²) in [6.07, 6.45) is 0. The van der Waals surface area contributed by atoms with E-state index < -0.39 is 0 Å². The van der Waals surface area contributed by atoms with Crippen LogP contribution in [0.25, 0.3) is 10.8 Å². The first-order valence-electron chi connectivity index (χ1n) is 7.55. The fraction of sp³-hybridized carbons (Fsp3) is 0.0526. The van der Waals surface area contributed by atoms with E-state index in [1.165, 1.54) is 0 Å². The number of anilines is 1. The van der Waals surface area contributed by atoms with Crippen LogP contribution in [-0.2, 0) is 0 Å². The number of carbonyl (C=O) groups is 1. The van der Waals surface area contributed by atoms with Crippen LogP contribution in [0.3, 0.4) is 0 Å². The Morgan fingerprint density at radius 1 is 1.08 bits per heavy atom. The van der Waals surface area contributed by atoms with Crippen molar-refractivity contribution in [3.05, 3.63) is 70.2 Å². The molecule has 1 amide bonds. The summed E-state index contributed by atoms with van der Waals surface area (Å²) in [6.45, 7) is 1.88. The average Bonchev–Trinajstić information content (AvgIpc) is 2.57. The topological polar surface area (TPSA) is 61.4 Å². The zero-order valence-electron chi connectivity index (χ0n) is 13.3. The Morgan fingerprint density at radius 3 is 2.56 bits per heavy atom. The average molecular weight is 415 g/mol. The lowest BCUT2D eigenvalue weighted by molar-refractivity contribution is 0.0979. The standard InChI is InChI=1S/C19H15BrN2O2S/c1-11-8-9-16(17(23)10-11)21-19(25)22-18(24)14-6-2-5-13-12(14)4-3-7-15(13)20/h2-10,23H,1H3,(H2,21,22,24,25). The Balaban J connectivity index is 1.80. The van der Waals surface area contributed by atoms with Crippen LogP contribution in [0, 0.1) is 6.92 Å². The highest BCUT2D eigenvalue weighted by atomic mass is 79.9. The molecule has 0 fully saturated rings. The number of halogens is 1. The molecule has 0 aliphatic carbocycles. The number of phenolic OH excluding ortho intramolecular Hbond substituents is 1. The van der Waals surface area contributed by atoms with Gasteiger partial charge in [0.1, 0.15) is 5.75 Å². The molecule has 0 bridgehead atoms. The van der Waals surface area contributed by atoms with Gasteiger partial charge >= 0.3 is 0 Å². The predicted molar refractivity (Wildman–Crippen MR) is 108 cm³/mol. The molecule has 0 aromatic heterocycles. The molecule has 126 valence electrons. The first kappa shape index (κ1) is 17.4. The van der Waals surface area contributed by atoms with Crippen molar-refractivity contribution in [1.82, 2.24) is 5.32 Å². The van der Waals surface area contributed by atoms with Gasteiger partial charge in [-0.2, -0.15) is 0 Å². The normalized spacial score (nSPS) is 10.5. The number of rotatable bonds is 2. The van der Waals surface area contributed by atoms with Gasteiger partial charge in [0.05, 0.1) is 5.69 Å². The summed E-state index contributed by atoms with van der Waals surface area (Å²) in [4.78, 5) is 12.6. The molecule has 6 heteroatoms.